The number of rotatable bonds is 6. The Kier molecular flexibility index (Phi) is 6.45. The van der Waals surface area contributed by atoms with Crippen molar-refractivity contribution in [2.45, 2.75) is 18.7 Å². The molecule has 0 saturated carbocycles. The number of amides is 1. The van der Waals surface area contributed by atoms with Crippen molar-refractivity contribution >= 4 is 50.5 Å². The van der Waals surface area contributed by atoms with E-state index >= 15 is 0 Å². The van der Waals surface area contributed by atoms with Gasteiger partial charge in [-0.2, -0.15) is 18.4 Å². The van der Waals surface area contributed by atoms with E-state index in [-0.39, 0.29) is 20.6 Å². The normalized spacial score (nSPS) is 11.9. The van der Waals surface area contributed by atoms with E-state index in [1.165, 1.54) is 24.3 Å². The van der Waals surface area contributed by atoms with E-state index in [4.69, 9.17) is 27.7 Å². The maximum Gasteiger partial charge on any atom is 0.278 e. The van der Waals surface area contributed by atoms with Crippen LogP contribution in [0.5, 0.6) is 0 Å². The van der Waals surface area contributed by atoms with E-state index in [2.05, 4.69) is 20.4 Å². The third kappa shape index (κ3) is 5.18. The van der Waals surface area contributed by atoms with Crippen LogP contribution in [-0.4, -0.2) is 25.2 Å². The van der Waals surface area contributed by atoms with Gasteiger partial charge in [-0.05, 0) is 49.7 Å². The Bertz CT molecular complexity index is 1240. The smallest absolute Gasteiger partial charge is 0.278 e. The number of anilines is 1. The third-order valence-corrected chi connectivity index (χ3v) is 5.84. The predicted octanol–water partition coefficient (Wildman–Crippen LogP) is 4.24. The number of hydrazone groups is 1. The van der Waals surface area contributed by atoms with Gasteiger partial charge in [0.25, 0.3) is 15.9 Å². The third-order valence-electron chi connectivity index (χ3n) is 3.92. The van der Waals surface area contributed by atoms with Crippen LogP contribution in [0.4, 0.5) is 5.69 Å². The predicted molar refractivity (Wildman–Crippen MR) is 115 cm³/mol. The molecule has 3 aromatic rings. The molecule has 30 heavy (non-hydrogen) atoms. The van der Waals surface area contributed by atoms with Crippen molar-refractivity contribution in [3.8, 4) is 0 Å². The Labute approximate surface area is 182 Å². The maximum atomic E-state index is 12.5. The maximum absolute atomic E-state index is 12.5. The lowest BCUT2D eigenvalue weighted by Gasteiger charge is -2.09. The fourth-order valence-electron chi connectivity index (χ4n) is 2.42. The SMILES string of the molecule is C/C(=N\NS(=O)(=O)c1cc(Cl)ccc1Cl)c1cccc(NC(=O)c2cc(C)on2)c1. The van der Waals surface area contributed by atoms with Gasteiger partial charge in [0, 0.05) is 16.8 Å². The molecular weight excluding hydrogens is 451 g/mol. The van der Waals surface area contributed by atoms with E-state index in [9.17, 15) is 13.2 Å². The zero-order valence-electron chi connectivity index (χ0n) is 15.8. The highest BCUT2D eigenvalue weighted by molar-refractivity contribution is 7.89. The number of carbonyl (C=O) groups is 1. The topological polar surface area (TPSA) is 114 Å². The van der Waals surface area contributed by atoms with Crippen LogP contribution in [0.2, 0.25) is 10.0 Å². The van der Waals surface area contributed by atoms with Crippen LogP contribution in [0.3, 0.4) is 0 Å². The number of sulfonamides is 1. The highest BCUT2D eigenvalue weighted by Crippen LogP contribution is 2.24. The molecule has 156 valence electrons. The molecule has 0 radical (unpaired) electrons. The Morgan fingerprint density at radius 1 is 1.13 bits per heavy atom. The Morgan fingerprint density at radius 2 is 1.90 bits per heavy atom. The van der Waals surface area contributed by atoms with Crippen LogP contribution in [-0.2, 0) is 10.0 Å². The number of aryl methyl sites for hydroxylation is 1. The van der Waals surface area contributed by atoms with E-state index < -0.39 is 15.9 Å². The standard InChI is InChI=1S/C19H16Cl2N4O4S/c1-11-8-17(24-29-11)19(26)22-15-5-3-4-13(9-15)12(2)23-25-30(27,28)18-10-14(20)6-7-16(18)21/h3-10,25H,1-2H3,(H,22,26)/b23-12+. The van der Waals surface area contributed by atoms with E-state index in [1.54, 1.807) is 38.1 Å². The number of nitrogens with one attached hydrogen (secondary N) is 2. The van der Waals surface area contributed by atoms with Crippen molar-refractivity contribution in [2.24, 2.45) is 5.10 Å². The lowest BCUT2D eigenvalue weighted by molar-refractivity contribution is 0.101. The van der Waals surface area contributed by atoms with Crippen LogP contribution in [0.25, 0.3) is 0 Å². The molecule has 0 spiro atoms. The van der Waals surface area contributed by atoms with Gasteiger partial charge >= 0.3 is 0 Å². The van der Waals surface area contributed by atoms with E-state index in [1.807, 2.05) is 0 Å². The zero-order chi connectivity index (χ0) is 21.9. The summed E-state index contributed by atoms with van der Waals surface area (Å²) in [5, 5.41) is 10.5. The van der Waals surface area contributed by atoms with Gasteiger partial charge in [0.15, 0.2) is 5.69 Å². The fraction of sp³-hybridized carbons (Fsp3) is 0.105. The summed E-state index contributed by atoms with van der Waals surface area (Å²) >= 11 is 11.8. The molecule has 1 aromatic heterocycles. The summed E-state index contributed by atoms with van der Waals surface area (Å²) in [5.74, 6) is 0.0823. The van der Waals surface area contributed by atoms with Gasteiger partial charge in [0.1, 0.15) is 10.7 Å². The van der Waals surface area contributed by atoms with Crippen molar-refractivity contribution in [3.05, 3.63) is 75.6 Å². The molecule has 0 atom stereocenters. The minimum absolute atomic E-state index is 0.0209. The molecule has 1 amide bonds. The molecule has 0 saturated heterocycles. The number of benzene rings is 2. The summed E-state index contributed by atoms with van der Waals surface area (Å²) < 4.78 is 29.8. The highest BCUT2D eigenvalue weighted by atomic mass is 35.5. The minimum Gasteiger partial charge on any atom is -0.361 e. The lowest BCUT2D eigenvalue weighted by Crippen LogP contribution is -2.20. The first-order chi connectivity index (χ1) is 14.2. The van der Waals surface area contributed by atoms with E-state index in [0.29, 0.717) is 22.7 Å². The first kappa shape index (κ1) is 21.8. The van der Waals surface area contributed by atoms with Gasteiger partial charge in [-0.25, -0.2) is 0 Å². The summed E-state index contributed by atoms with van der Waals surface area (Å²) in [7, 11) is -4.02. The quantitative estimate of drug-likeness (QED) is 0.416. The number of halogens is 2. The van der Waals surface area contributed by atoms with Crippen LogP contribution in [0, 0.1) is 6.92 Å². The average molecular weight is 467 g/mol. The molecule has 0 aliphatic rings. The molecule has 0 fully saturated rings. The van der Waals surface area contributed by atoms with Gasteiger partial charge in [-0.15, -0.1) is 0 Å². The van der Waals surface area contributed by atoms with Crippen LogP contribution < -0.4 is 10.1 Å². The Morgan fingerprint density at radius 3 is 2.60 bits per heavy atom. The second-order valence-corrected chi connectivity index (χ2v) is 8.70. The monoisotopic (exact) mass is 466 g/mol. The highest BCUT2D eigenvalue weighted by Gasteiger charge is 2.18. The largest absolute Gasteiger partial charge is 0.361 e. The number of carbonyl (C=O) groups excluding carboxylic acids is 1. The zero-order valence-corrected chi connectivity index (χ0v) is 18.1. The molecule has 0 aliphatic carbocycles. The number of hydrogen-bond donors (Lipinski definition) is 2. The number of aromatic nitrogens is 1. The molecule has 2 N–H and O–H groups in total. The fourth-order valence-corrected chi connectivity index (χ4v) is 4.04. The number of hydrogen-bond acceptors (Lipinski definition) is 6. The second kappa shape index (κ2) is 8.86. The van der Waals surface area contributed by atoms with Crippen LogP contribution >= 0.6 is 23.2 Å². The molecule has 0 unspecified atom stereocenters. The van der Waals surface area contributed by atoms with Crippen molar-refractivity contribution in [2.75, 3.05) is 5.32 Å². The van der Waals surface area contributed by atoms with Gasteiger partial charge in [0.2, 0.25) is 0 Å². The summed E-state index contributed by atoms with van der Waals surface area (Å²) in [6.07, 6.45) is 0. The first-order valence-electron chi connectivity index (χ1n) is 8.52. The molecule has 3 rings (SSSR count). The lowest BCUT2D eigenvalue weighted by atomic mass is 10.1. The van der Waals surface area contributed by atoms with Crippen LogP contribution in [0.1, 0.15) is 28.7 Å². The molecule has 1 heterocycles. The first-order valence-corrected chi connectivity index (χ1v) is 10.8. The van der Waals surface area contributed by atoms with Gasteiger partial charge in [0.05, 0.1) is 10.7 Å². The molecule has 11 heteroatoms. The molecule has 0 bridgehead atoms. The van der Waals surface area contributed by atoms with Gasteiger partial charge < -0.3 is 9.84 Å². The minimum atomic E-state index is -4.02. The van der Waals surface area contributed by atoms with Gasteiger partial charge in [-0.1, -0.05) is 40.5 Å². The van der Waals surface area contributed by atoms with Crippen LogP contribution in [0.15, 0.2) is 63.1 Å². The Hall–Kier alpha value is -2.88. The summed E-state index contributed by atoms with van der Waals surface area (Å²) in [6.45, 7) is 3.30. The molecule has 0 aliphatic heterocycles. The summed E-state index contributed by atoms with van der Waals surface area (Å²) in [6, 6.07) is 12.4. The molecular formula is C19H16Cl2N4O4S. The molecule has 8 nitrogen and oxygen atoms in total. The summed E-state index contributed by atoms with van der Waals surface area (Å²) in [5.41, 5.74) is 1.58. The van der Waals surface area contributed by atoms with Crippen molar-refractivity contribution in [1.82, 2.24) is 9.99 Å². The molecule has 2 aromatic carbocycles. The second-order valence-electron chi connectivity index (χ2n) is 6.22. The van der Waals surface area contributed by atoms with Crippen molar-refractivity contribution < 1.29 is 17.7 Å². The summed E-state index contributed by atoms with van der Waals surface area (Å²) in [4.78, 5) is 14.2. The Balaban J connectivity index is 1.77. The van der Waals surface area contributed by atoms with Gasteiger partial charge in [-0.3, -0.25) is 4.79 Å². The average Bonchev–Trinajstić information content (AvgIpc) is 3.14. The van der Waals surface area contributed by atoms with Crippen molar-refractivity contribution in [3.63, 3.8) is 0 Å². The number of nitrogens with zero attached hydrogens (tertiary/aromatic N) is 2. The van der Waals surface area contributed by atoms with Crippen molar-refractivity contribution in [1.29, 1.82) is 0 Å². The van der Waals surface area contributed by atoms with E-state index in [0.717, 1.165) is 0 Å².